The van der Waals surface area contributed by atoms with Gasteiger partial charge < -0.3 is 10.4 Å². The monoisotopic (exact) mass is 339 g/mol. The average molecular weight is 340 g/mol. The van der Waals surface area contributed by atoms with Crippen molar-refractivity contribution in [3.05, 3.63) is 27.7 Å². The maximum absolute atomic E-state index is 12.3. The summed E-state index contributed by atoms with van der Waals surface area (Å²) < 4.78 is 24.5. The smallest absolute Gasteiger partial charge is 0.338 e. The van der Waals surface area contributed by atoms with E-state index in [1.165, 1.54) is 14.0 Å². The number of carbonyl (C=O) groups excluding carboxylic acids is 1. The zero-order valence-electron chi connectivity index (χ0n) is 10.5. The highest BCUT2D eigenvalue weighted by Crippen LogP contribution is 2.32. The fourth-order valence-electron chi connectivity index (χ4n) is 1.48. The number of hydrogen-bond acceptors (Lipinski definition) is 4. The van der Waals surface area contributed by atoms with Gasteiger partial charge >= 0.3 is 5.97 Å². The van der Waals surface area contributed by atoms with Gasteiger partial charge in [0.1, 0.15) is 5.25 Å². The lowest BCUT2D eigenvalue weighted by Gasteiger charge is -2.14. The fourth-order valence-corrected chi connectivity index (χ4v) is 3.73. The third kappa shape index (κ3) is 2.89. The minimum absolute atomic E-state index is 0.186. The van der Waals surface area contributed by atoms with Gasteiger partial charge in [-0.05, 0) is 19.1 Å². The number of rotatable bonds is 4. The second kappa shape index (κ2) is 5.99. The Labute approximate surface area is 125 Å². The van der Waals surface area contributed by atoms with Crippen LogP contribution in [0, 0.1) is 0 Å². The van der Waals surface area contributed by atoms with Crippen LogP contribution in [0.1, 0.15) is 17.3 Å². The molecule has 0 fully saturated rings. The number of halogens is 2. The molecule has 0 saturated carbocycles. The molecule has 1 aromatic rings. The second-order valence-corrected chi connectivity index (χ2v) is 6.86. The maximum Gasteiger partial charge on any atom is 0.338 e. The Hall–Kier alpha value is -1.31. The van der Waals surface area contributed by atoms with Crippen molar-refractivity contribution in [3.8, 4) is 0 Å². The van der Waals surface area contributed by atoms with Crippen LogP contribution in [0.15, 0.2) is 17.0 Å². The molecule has 0 aliphatic rings. The van der Waals surface area contributed by atoms with Crippen LogP contribution in [0.3, 0.4) is 0 Å². The predicted octanol–water partition coefficient (Wildman–Crippen LogP) is 1.60. The molecule has 0 aliphatic carbocycles. The Balaban J connectivity index is 3.52. The highest BCUT2D eigenvalue weighted by atomic mass is 35.5. The Kier molecular flexibility index (Phi) is 5.01. The summed E-state index contributed by atoms with van der Waals surface area (Å²) in [5, 5.41) is 9.08. The Bertz CT molecular complexity index is 672. The molecule has 110 valence electrons. The van der Waals surface area contributed by atoms with Gasteiger partial charge in [0.15, 0.2) is 9.84 Å². The van der Waals surface area contributed by atoms with E-state index in [9.17, 15) is 18.0 Å². The molecule has 1 amide bonds. The van der Waals surface area contributed by atoms with Gasteiger partial charge in [0.25, 0.3) is 0 Å². The van der Waals surface area contributed by atoms with Gasteiger partial charge in [0.05, 0.1) is 20.5 Å². The molecule has 0 bridgehead atoms. The summed E-state index contributed by atoms with van der Waals surface area (Å²) in [5.74, 6) is -2.18. The zero-order valence-corrected chi connectivity index (χ0v) is 12.8. The molecule has 1 unspecified atom stereocenters. The molecule has 0 radical (unpaired) electrons. The SMILES string of the molecule is CNC(=O)C(C)S(=O)(=O)c1ccc(Cl)c(C(=O)O)c1Cl. The van der Waals surface area contributed by atoms with Crippen molar-refractivity contribution in [2.24, 2.45) is 0 Å². The van der Waals surface area contributed by atoms with Crippen molar-refractivity contribution in [2.75, 3.05) is 7.05 Å². The van der Waals surface area contributed by atoms with Crippen LogP contribution in [-0.4, -0.2) is 37.7 Å². The molecule has 2 N–H and O–H groups in total. The summed E-state index contributed by atoms with van der Waals surface area (Å²) in [5.41, 5.74) is -0.515. The number of benzene rings is 1. The van der Waals surface area contributed by atoms with Crippen LogP contribution < -0.4 is 5.32 Å². The number of carbonyl (C=O) groups is 2. The van der Waals surface area contributed by atoms with E-state index in [2.05, 4.69) is 5.32 Å². The van der Waals surface area contributed by atoms with E-state index in [0.29, 0.717) is 0 Å². The van der Waals surface area contributed by atoms with Gasteiger partial charge in [-0.25, -0.2) is 13.2 Å². The van der Waals surface area contributed by atoms with Crippen molar-refractivity contribution in [1.82, 2.24) is 5.32 Å². The minimum Gasteiger partial charge on any atom is -0.478 e. The first-order valence-electron chi connectivity index (χ1n) is 5.31. The lowest BCUT2D eigenvalue weighted by Crippen LogP contribution is -2.36. The third-order valence-corrected chi connectivity index (χ3v) is 5.57. The third-order valence-electron chi connectivity index (χ3n) is 2.66. The van der Waals surface area contributed by atoms with Crippen LogP contribution in [0.2, 0.25) is 10.0 Å². The summed E-state index contributed by atoms with van der Waals surface area (Å²) in [6.07, 6.45) is 0. The minimum atomic E-state index is -4.12. The molecule has 1 rings (SSSR count). The highest BCUT2D eigenvalue weighted by molar-refractivity contribution is 7.92. The quantitative estimate of drug-likeness (QED) is 0.867. The van der Waals surface area contributed by atoms with Crippen molar-refractivity contribution in [2.45, 2.75) is 17.1 Å². The molecule has 9 heteroatoms. The van der Waals surface area contributed by atoms with Gasteiger partial charge in [-0.2, -0.15) is 0 Å². The zero-order chi connectivity index (χ0) is 15.7. The Morgan fingerprint density at radius 3 is 2.30 bits per heavy atom. The van der Waals surface area contributed by atoms with Crippen LogP contribution in [-0.2, 0) is 14.6 Å². The fraction of sp³-hybridized carbons (Fsp3) is 0.273. The molecule has 20 heavy (non-hydrogen) atoms. The largest absolute Gasteiger partial charge is 0.478 e. The van der Waals surface area contributed by atoms with Gasteiger partial charge in [-0.3, -0.25) is 4.79 Å². The molecule has 0 heterocycles. The van der Waals surface area contributed by atoms with E-state index in [1.807, 2.05) is 0 Å². The van der Waals surface area contributed by atoms with Crippen LogP contribution >= 0.6 is 23.2 Å². The van der Waals surface area contributed by atoms with E-state index in [-0.39, 0.29) is 5.02 Å². The molecule has 0 aliphatic heterocycles. The summed E-state index contributed by atoms with van der Waals surface area (Å²) in [6.45, 7) is 1.18. The highest BCUT2D eigenvalue weighted by Gasteiger charge is 2.33. The summed E-state index contributed by atoms with van der Waals surface area (Å²) in [4.78, 5) is 22.0. The lowest BCUT2D eigenvalue weighted by atomic mass is 10.2. The van der Waals surface area contributed by atoms with E-state index < -0.39 is 42.4 Å². The van der Waals surface area contributed by atoms with Crippen molar-refractivity contribution in [3.63, 3.8) is 0 Å². The molecule has 1 atom stereocenters. The average Bonchev–Trinajstić information content (AvgIpc) is 2.36. The van der Waals surface area contributed by atoms with Crippen molar-refractivity contribution in [1.29, 1.82) is 0 Å². The van der Waals surface area contributed by atoms with Gasteiger partial charge in [0.2, 0.25) is 5.91 Å². The standard InChI is InChI=1S/C11H11Cl2NO5S/c1-5(10(15)14-2)20(18,19)7-4-3-6(12)8(9(7)13)11(16)17/h3-5H,1-2H3,(H,14,15)(H,16,17). The first-order valence-corrected chi connectivity index (χ1v) is 7.61. The number of carboxylic acid groups (broad SMARTS) is 1. The number of amides is 1. The Morgan fingerprint density at radius 1 is 1.30 bits per heavy atom. The van der Waals surface area contributed by atoms with E-state index >= 15 is 0 Å². The lowest BCUT2D eigenvalue weighted by molar-refractivity contribution is -0.119. The van der Waals surface area contributed by atoms with E-state index in [4.69, 9.17) is 28.3 Å². The first kappa shape index (κ1) is 16.7. The van der Waals surface area contributed by atoms with Crippen LogP contribution in [0.5, 0.6) is 0 Å². The number of hydrogen-bond donors (Lipinski definition) is 2. The number of aromatic carboxylic acids is 1. The molecule has 0 aromatic heterocycles. The number of sulfone groups is 1. The van der Waals surface area contributed by atoms with E-state index in [0.717, 1.165) is 12.1 Å². The van der Waals surface area contributed by atoms with Crippen molar-refractivity contribution < 1.29 is 23.1 Å². The molecule has 0 spiro atoms. The molecule has 0 saturated heterocycles. The molecular weight excluding hydrogens is 329 g/mol. The summed E-state index contributed by atoms with van der Waals surface area (Å²) >= 11 is 11.5. The topological polar surface area (TPSA) is 101 Å². The number of carboxylic acids is 1. The Morgan fingerprint density at radius 2 is 1.85 bits per heavy atom. The molecule has 6 nitrogen and oxygen atoms in total. The second-order valence-electron chi connectivity index (χ2n) is 3.84. The van der Waals surface area contributed by atoms with Gasteiger partial charge in [-0.1, -0.05) is 23.2 Å². The van der Waals surface area contributed by atoms with Crippen molar-refractivity contribution >= 4 is 44.9 Å². The van der Waals surface area contributed by atoms with E-state index in [1.54, 1.807) is 0 Å². The summed E-state index contributed by atoms with van der Waals surface area (Å²) in [6, 6.07) is 2.19. The first-order chi connectivity index (χ1) is 9.14. The maximum atomic E-state index is 12.3. The van der Waals surface area contributed by atoms with Crippen LogP contribution in [0.4, 0.5) is 0 Å². The number of nitrogens with one attached hydrogen (secondary N) is 1. The normalized spacial score (nSPS) is 12.8. The predicted molar refractivity (Wildman–Crippen MR) is 74.1 cm³/mol. The van der Waals surface area contributed by atoms with Crippen LogP contribution in [0.25, 0.3) is 0 Å². The molecular formula is C11H11Cl2NO5S. The van der Waals surface area contributed by atoms with Gasteiger partial charge in [0, 0.05) is 7.05 Å². The molecule has 1 aromatic carbocycles. The summed E-state index contributed by atoms with van der Waals surface area (Å²) in [7, 11) is -2.83. The van der Waals surface area contributed by atoms with Gasteiger partial charge in [-0.15, -0.1) is 0 Å².